The highest BCUT2D eigenvalue weighted by atomic mass is 32.3. The molecule has 460 valence electrons. The van der Waals surface area contributed by atoms with Gasteiger partial charge in [0.25, 0.3) is 0 Å². The van der Waals surface area contributed by atoms with Crippen LogP contribution in [0.4, 0.5) is 0 Å². The van der Waals surface area contributed by atoms with Gasteiger partial charge in [0.15, 0.2) is 25.2 Å². The van der Waals surface area contributed by atoms with Gasteiger partial charge in [-0.2, -0.15) is 42.1 Å². The predicted octanol–water partition coefficient (Wildman–Crippen LogP) is -12.5. The highest BCUT2D eigenvalue weighted by Gasteiger charge is 2.57. The minimum atomic E-state index is -5.49. The molecule has 0 aromatic heterocycles. The van der Waals surface area contributed by atoms with Crippen LogP contribution >= 0.6 is 0 Å². The first-order valence-corrected chi connectivity index (χ1v) is 28.7. The summed E-state index contributed by atoms with van der Waals surface area (Å²) >= 11 is 0. The maximum Gasteiger partial charge on any atom is 0.397 e. The van der Waals surface area contributed by atoms with Gasteiger partial charge < -0.3 is 104 Å². The fraction of sp³-hybridized carbons (Fsp3) is 1.00. The van der Waals surface area contributed by atoms with Crippen molar-refractivity contribution < 1.29 is 190 Å². The van der Waals surface area contributed by atoms with E-state index in [4.69, 9.17) is 51.7 Å². The molecule has 5 fully saturated rings. The summed E-state index contributed by atoms with van der Waals surface area (Å²) in [6, 6.07) is 0. The lowest BCUT2D eigenvalue weighted by molar-refractivity contribution is -0.392. The molecule has 5 saturated heterocycles. The first-order valence-electron chi connectivity index (χ1n) is 21.8. The molecule has 0 radical (unpaired) electrons. The van der Waals surface area contributed by atoms with Crippen molar-refractivity contribution >= 4 is 52.0 Å². The number of aliphatic hydroxyl groups excluding tert-OH is 12. The lowest BCUT2D eigenvalue weighted by Crippen LogP contribution is -2.68. The van der Waals surface area contributed by atoms with Gasteiger partial charge in [-0.25, -0.2) is 20.9 Å². The standard InChI is InChI=1S/C32H56O41S5/c33-1-8-10(3-60-74(45,46)47)66-29(21(41)15(8)35)71-26-17(37)12(5-62-76(51,52)53)68-31(23(26)43)73-28-19(39)13(6-63-77(54,55)56)69-32(24(28)44)72-27-18(38)11(4-61-75(48,49)50)67-30(22(27)42)70-25-14(7-64-78(57,58)59)65-9(2-34)16(36)20(25)40/h8-44H,1-7H2,(H,45,46,47)(H,48,49,50)(H,51,52,53)(H,54,55,56)(H,57,58,59)/t8-,9-,10-,11-,12-,13-,14-,15-,16+,17-,18-,19-,20+,21-,22-,23-,24-,25-,26+,27+,28+,29-,30-,31-,32-/m1/s1. The zero-order valence-electron chi connectivity index (χ0n) is 38.8. The number of rotatable bonds is 25. The quantitative estimate of drug-likeness (QED) is 0.0377. The summed E-state index contributed by atoms with van der Waals surface area (Å²) in [4.78, 5) is 0. The Bertz CT molecular complexity index is 2510. The first-order chi connectivity index (χ1) is 35.8. The Balaban J connectivity index is 1.50. The molecule has 78 heavy (non-hydrogen) atoms. The van der Waals surface area contributed by atoms with Crippen molar-refractivity contribution in [1.82, 2.24) is 0 Å². The summed E-state index contributed by atoms with van der Waals surface area (Å²) in [7, 11) is -26.9. The molecule has 46 heteroatoms. The van der Waals surface area contributed by atoms with Crippen LogP contribution in [0.25, 0.3) is 0 Å². The van der Waals surface area contributed by atoms with Gasteiger partial charge in [-0.05, 0) is 0 Å². The maximum absolute atomic E-state index is 11.7. The molecule has 5 aliphatic rings. The fourth-order valence-corrected chi connectivity index (χ4v) is 9.81. The molecule has 5 aliphatic heterocycles. The Morgan fingerprint density at radius 3 is 0.872 bits per heavy atom. The van der Waals surface area contributed by atoms with Crippen LogP contribution in [0.3, 0.4) is 0 Å². The summed E-state index contributed by atoms with van der Waals surface area (Å²) in [6.45, 7) is -9.03. The zero-order chi connectivity index (χ0) is 58.8. The third kappa shape index (κ3) is 18.3. The third-order valence-corrected chi connectivity index (χ3v) is 14.2. The van der Waals surface area contributed by atoms with E-state index in [0.29, 0.717) is 0 Å². The largest absolute Gasteiger partial charge is 0.397 e. The third-order valence-electron chi connectivity index (χ3n) is 12.0. The summed E-state index contributed by atoms with van der Waals surface area (Å²) in [5.41, 5.74) is 0. The molecule has 0 spiro atoms. The van der Waals surface area contributed by atoms with E-state index >= 15 is 0 Å². The van der Waals surface area contributed by atoms with Crippen molar-refractivity contribution in [3.63, 3.8) is 0 Å². The van der Waals surface area contributed by atoms with E-state index in [1.807, 2.05) is 0 Å². The summed E-state index contributed by atoms with van der Waals surface area (Å²) in [6.07, 6.45) is -56.4. The van der Waals surface area contributed by atoms with Crippen molar-refractivity contribution in [2.45, 2.75) is 147 Å². The normalized spacial score (nSPS) is 42.6. The minimum Gasteiger partial charge on any atom is -0.396 e. The van der Waals surface area contributed by atoms with E-state index in [9.17, 15) is 117 Å². The Morgan fingerprint density at radius 2 is 0.564 bits per heavy atom. The smallest absolute Gasteiger partial charge is 0.396 e. The Hall–Kier alpha value is -1.49. The number of aliphatic hydroxyl groups is 12. The SMILES string of the molecule is O=S(=O)(O)OC[C@H]1O[C@H](O[C@@H]2[C@@H](O)[C@@H](O[C@@H]3[C@@H](O)[C@@H](O[C@H]4[C@@H](O)[C@@H](O)[C@@H](CO)O[C@@H]4COS(=O)(=O)O)O[C@H](COS(=O)(=O)O)[C@H]3O)O[C@H](COS(=O)(=O)O)[C@H]2O)[C@H](O)[C@@H](O[C@H]2O[C@H](COS(=O)(=O)O)[C@@H](CO)[C@@H](O)[C@H]2O)[C@@H]1O. The molecule has 5 heterocycles. The van der Waals surface area contributed by atoms with Crippen LogP contribution < -0.4 is 0 Å². The van der Waals surface area contributed by atoms with Gasteiger partial charge in [0.2, 0.25) is 0 Å². The summed E-state index contributed by atoms with van der Waals surface area (Å²) in [5, 5.41) is 132. The zero-order valence-corrected chi connectivity index (χ0v) is 42.9. The monoisotopic (exact) mass is 1260 g/mol. The lowest BCUT2D eigenvalue weighted by Gasteiger charge is -2.50. The highest BCUT2D eigenvalue weighted by Crippen LogP contribution is 2.37. The van der Waals surface area contributed by atoms with Gasteiger partial charge in [0.1, 0.15) is 110 Å². The Morgan fingerprint density at radius 1 is 0.282 bits per heavy atom. The van der Waals surface area contributed by atoms with Gasteiger partial charge in [-0.15, -0.1) is 0 Å². The molecule has 0 saturated carbocycles. The molecule has 0 aromatic rings. The van der Waals surface area contributed by atoms with Gasteiger partial charge >= 0.3 is 52.0 Å². The molecular weight excluding hydrogens is 1200 g/mol. The number of hydrogen-bond acceptors (Lipinski definition) is 36. The molecule has 0 aliphatic carbocycles. The predicted molar refractivity (Wildman–Crippen MR) is 228 cm³/mol. The molecule has 17 N–H and O–H groups in total. The molecular formula is C32H56O41S5. The molecule has 41 nitrogen and oxygen atoms in total. The van der Waals surface area contributed by atoms with Gasteiger partial charge in [-0.3, -0.25) is 22.8 Å². The molecule has 0 unspecified atom stereocenters. The highest BCUT2D eigenvalue weighted by molar-refractivity contribution is 7.81. The van der Waals surface area contributed by atoms with Crippen molar-refractivity contribution in [3.8, 4) is 0 Å². The Kier molecular flexibility index (Phi) is 23.3. The van der Waals surface area contributed by atoms with E-state index in [1.54, 1.807) is 0 Å². The van der Waals surface area contributed by atoms with Gasteiger partial charge in [0.05, 0.1) is 58.5 Å². The second-order valence-electron chi connectivity index (χ2n) is 17.3. The summed E-state index contributed by atoms with van der Waals surface area (Å²) in [5.74, 6) is -1.61. The van der Waals surface area contributed by atoms with Crippen molar-refractivity contribution in [2.24, 2.45) is 5.92 Å². The van der Waals surface area contributed by atoms with E-state index < -0.39 is 251 Å². The Labute approximate surface area is 439 Å². The second-order valence-corrected chi connectivity index (χ2v) is 22.7. The summed E-state index contributed by atoms with van der Waals surface area (Å²) < 4.78 is 232. The molecule has 0 bridgehead atoms. The van der Waals surface area contributed by atoms with Crippen molar-refractivity contribution in [1.29, 1.82) is 0 Å². The topological polar surface area (TPSA) is 644 Å². The first kappa shape index (κ1) is 67.3. The van der Waals surface area contributed by atoms with Crippen LogP contribution in [0.2, 0.25) is 0 Å². The minimum absolute atomic E-state index is 1.06. The number of ether oxygens (including phenoxy) is 9. The second kappa shape index (κ2) is 27.0. The van der Waals surface area contributed by atoms with Crippen LogP contribution in [0.15, 0.2) is 0 Å². The molecule has 5 rings (SSSR count). The maximum atomic E-state index is 11.7. The van der Waals surface area contributed by atoms with E-state index in [1.165, 1.54) is 0 Å². The molecule has 0 aromatic carbocycles. The fourth-order valence-electron chi connectivity index (χ4n) is 8.28. The van der Waals surface area contributed by atoms with Crippen LogP contribution in [0, 0.1) is 5.92 Å². The average molecular weight is 1260 g/mol. The molecule has 0 amide bonds. The van der Waals surface area contributed by atoms with Crippen LogP contribution in [-0.4, -0.2) is 320 Å². The van der Waals surface area contributed by atoms with Crippen LogP contribution in [0.5, 0.6) is 0 Å². The molecule has 25 atom stereocenters. The van der Waals surface area contributed by atoms with Crippen LogP contribution in [-0.2, 0) is 116 Å². The van der Waals surface area contributed by atoms with Gasteiger partial charge in [-0.1, -0.05) is 0 Å². The average Bonchev–Trinajstić information content (AvgIpc) is 3.38. The van der Waals surface area contributed by atoms with Gasteiger partial charge in [0, 0.05) is 5.92 Å². The van der Waals surface area contributed by atoms with E-state index in [-0.39, 0.29) is 0 Å². The van der Waals surface area contributed by atoms with Crippen LogP contribution in [0.1, 0.15) is 0 Å². The number of hydrogen-bond donors (Lipinski definition) is 17. The van der Waals surface area contributed by atoms with E-state index in [2.05, 4.69) is 20.9 Å². The van der Waals surface area contributed by atoms with E-state index in [0.717, 1.165) is 0 Å². The van der Waals surface area contributed by atoms with Crippen molar-refractivity contribution in [3.05, 3.63) is 0 Å². The lowest BCUT2D eigenvalue weighted by atomic mass is 9.89. The van der Waals surface area contributed by atoms with Crippen molar-refractivity contribution in [2.75, 3.05) is 46.2 Å².